The maximum absolute atomic E-state index is 15.1. The summed E-state index contributed by atoms with van der Waals surface area (Å²) in [4.78, 5) is 28.2. The van der Waals surface area contributed by atoms with E-state index < -0.39 is 17.7 Å². The molecule has 2 amide bonds. The lowest BCUT2D eigenvalue weighted by Crippen LogP contribution is -2.62. The van der Waals surface area contributed by atoms with Crippen LogP contribution in [0.2, 0.25) is 0 Å². The summed E-state index contributed by atoms with van der Waals surface area (Å²) in [5, 5.41) is 23.3. The fraction of sp³-hybridized carbons (Fsp3) is 0.680. The van der Waals surface area contributed by atoms with Gasteiger partial charge in [-0.1, -0.05) is 12.8 Å². The zero-order valence-electron chi connectivity index (χ0n) is 19.0. The number of nitrogens with zero attached hydrogens (tertiary/aromatic N) is 2. The number of benzene rings is 1. The van der Waals surface area contributed by atoms with E-state index in [0.717, 1.165) is 51.4 Å². The van der Waals surface area contributed by atoms with Gasteiger partial charge in [-0.3, -0.25) is 9.69 Å². The molecule has 3 saturated heterocycles. The highest BCUT2D eigenvalue weighted by Gasteiger charge is 2.57. The Morgan fingerprint density at radius 2 is 1.91 bits per heavy atom. The molecule has 1 aliphatic carbocycles. The molecule has 4 unspecified atom stereocenters. The summed E-state index contributed by atoms with van der Waals surface area (Å²) in [6.45, 7) is 1.27. The first-order valence-corrected chi connectivity index (χ1v) is 12.4. The van der Waals surface area contributed by atoms with Gasteiger partial charge in [0.1, 0.15) is 5.82 Å². The molecule has 2 bridgehead atoms. The van der Waals surface area contributed by atoms with Gasteiger partial charge in [0, 0.05) is 36.7 Å². The number of fused-ring (bicyclic) bond motifs is 2. The number of aliphatic hydroxyl groups excluding tert-OH is 1. The molecule has 4 atom stereocenters. The van der Waals surface area contributed by atoms with Gasteiger partial charge in [0.15, 0.2) is 0 Å². The maximum atomic E-state index is 15.1. The molecule has 8 heteroatoms. The summed E-state index contributed by atoms with van der Waals surface area (Å²) < 4.78 is 15.1. The van der Waals surface area contributed by atoms with Gasteiger partial charge in [0.05, 0.1) is 17.3 Å². The molecule has 0 radical (unpaired) electrons. The second kappa shape index (κ2) is 8.78. The minimum Gasteiger partial charge on any atom is -0.465 e. The highest BCUT2D eigenvalue weighted by molar-refractivity contribution is 5.92. The second-order valence-electron chi connectivity index (χ2n) is 10.5. The van der Waals surface area contributed by atoms with Gasteiger partial charge in [-0.25, -0.2) is 9.18 Å². The lowest BCUT2D eigenvalue weighted by atomic mass is 9.72. The lowest BCUT2D eigenvalue weighted by Gasteiger charge is -2.52. The molecule has 4 fully saturated rings. The Hall–Kier alpha value is -2.35. The summed E-state index contributed by atoms with van der Waals surface area (Å²) in [6.07, 6.45) is 6.77. The van der Waals surface area contributed by atoms with Gasteiger partial charge in [0.25, 0.3) is 0 Å². The van der Waals surface area contributed by atoms with Crippen LogP contribution in [0.25, 0.3) is 0 Å². The Kier molecular flexibility index (Phi) is 5.97. The van der Waals surface area contributed by atoms with Crippen LogP contribution >= 0.6 is 0 Å². The van der Waals surface area contributed by atoms with Crippen molar-refractivity contribution in [2.45, 2.75) is 81.9 Å². The van der Waals surface area contributed by atoms with Crippen LogP contribution in [-0.2, 0) is 4.79 Å². The Balaban J connectivity index is 1.32. The Labute approximate surface area is 193 Å². The van der Waals surface area contributed by atoms with E-state index in [4.69, 9.17) is 0 Å². The van der Waals surface area contributed by atoms with Gasteiger partial charge in [-0.2, -0.15) is 0 Å². The summed E-state index contributed by atoms with van der Waals surface area (Å²) in [7, 11) is 0. The third-order valence-electron chi connectivity index (χ3n) is 8.56. The van der Waals surface area contributed by atoms with Crippen LogP contribution in [0.3, 0.4) is 0 Å². The van der Waals surface area contributed by atoms with E-state index in [1.54, 1.807) is 17.0 Å². The van der Waals surface area contributed by atoms with Gasteiger partial charge >= 0.3 is 6.09 Å². The van der Waals surface area contributed by atoms with E-state index in [0.29, 0.717) is 37.3 Å². The molecule has 4 aliphatic rings. The van der Waals surface area contributed by atoms with Crippen LogP contribution in [0.1, 0.15) is 64.2 Å². The van der Waals surface area contributed by atoms with E-state index >= 15 is 4.39 Å². The van der Waals surface area contributed by atoms with Crippen molar-refractivity contribution in [1.29, 1.82) is 0 Å². The van der Waals surface area contributed by atoms with Crippen LogP contribution in [-0.4, -0.2) is 57.9 Å². The molecule has 33 heavy (non-hydrogen) atoms. The number of carbonyl (C=O) groups excluding carboxylic acids is 1. The molecule has 0 spiro atoms. The van der Waals surface area contributed by atoms with Crippen LogP contribution < -0.4 is 10.2 Å². The Morgan fingerprint density at radius 1 is 1.12 bits per heavy atom. The Morgan fingerprint density at radius 3 is 2.64 bits per heavy atom. The van der Waals surface area contributed by atoms with Crippen molar-refractivity contribution in [2.75, 3.05) is 23.3 Å². The maximum Gasteiger partial charge on any atom is 0.408 e. The minimum atomic E-state index is -0.907. The number of hydrogen-bond donors (Lipinski definition) is 3. The van der Waals surface area contributed by atoms with E-state index in [1.807, 2.05) is 4.90 Å². The first-order chi connectivity index (χ1) is 15.9. The fourth-order valence-electron chi connectivity index (χ4n) is 7.08. The average molecular weight is 460 g/mol. The van der Waals surface area contributed by atoms with Gasteiger partial charge in [-0.15, -0.1) is 0 Å². The summed E-state index contributed by atoms with van der Waals surface area (Å²) in [5.74, 6) is -0.339. The molecule has 7 nitrogen and oxygen atoms in total. The highest BCUT2D eigenvalue weighted by Crippen LogP contribution is 2.51. The molecule has 180 valence electrons. The van der Waals surface area contributed by atoms with Crippen molar-refractivity contribution in [3.8, 4) is 0 Å². The minimum absolute atomic E-state index is 0.0214. The molecule has 0 aromatic heterocycles. The highest BCUT2D eigenvalue weighted by atomic mass is 19.1. The third-order valence-corrected chi connectivity index (χ3v) is 8.56. The predicted octanol–water partition coefficient (Wildman–Crippen LogP) is 4.21. The van der Waals surface area contributed by atoms with Gasteiger partial charge < -0.3 is 20.4 Å². The number of aliphatic hydroxyl groups is 1. The summed E-state index contributed by atoms with van der Waals surface area (Å²) in [5.41, 5.74) is 0.396. The van der Waals surface area contributed by atoms with Crippen molar-refractivity contribution in [1.82, 2.24) is 4.90 Å². The van der Waals surface area contributed by atoms with Crippen LogP contribution in [0.15, 0.2) is 18.2 Å². The number of piperidine rings is 2. The van der Waals surface area contributed by atoms with Crippen molar-refractivity contribution >= 4 is 23.4 Å². The first-order valence-electron chi connectivity index (χ1n) is 12.4. The predicted molar refractivity (Wildman–Crippen MR) is 123 cm³/mol. The van der Waals surface area contributed by atoms with Crippen molar-refractivity contribution in [2.24, 2.45) is 11.8 Å². The van der Waals surface area contributed by atoms with E-state index in [-0.39, 0.29) is 29.6 Å². The van der Waals surface area contributed by atoms with E-state index in [9.17, 15) is 19.8 Å². The number of rotatable bonds is 4. The van der Waals surface area contributed by atoms with Crippen LogP contribution in [0.5, 0.6) is 0 Å². The molecule has 1 aromatic carbocycles. The van der Waals surface area contributed by atoms with Gasteiger partial charge in [0.2, 0.25) is 5.91 Å². The standard InChI is InChI=1S/C25H34FN3O4/c26-21-12-18(27-23(31)16-4-1-2-5-16)7-8-22(21)28-11-3-6-17(15-28)25-10-9-19(13-20(30)14-25)29(25)24(32)33/h7-8,12,16-17,19-20,30H,1-6,9-11,13-15H2,(H,27,31)(H,32,33). The fourth-order valence-corrected chi connectivity index (χ4v) is 7.08. The SMILES string of the molecule is O=C(Nc1ccc(N2CCCC(C34CCC(CC(O)C3)N4C(=O)O)C2)c(F)c1)C1CCCC1. The first kappa shape index (κ1) is 22.4. The topological polar surface area (TPSA) is 93.1 Å². The quantitative estimate of drug-likeness (QED) is 0.627. The molecular formula is C25H34FN3O4. The van der Waals surface area contributed by atoms with Gasteiger partial charge in [-0.05, 0) is 69.6 Å². The number of amides is 2. The zero-order valence-corrected chi connectivity index (χ0v) is 19.0. The third kappa shape index (κ3) is 4.07. The molecule has 5 rings (SSSR count). The van der Waals surface area contributed by atoms with Crippen molar-refractivity contribution < 1.29 is 24.2 Å². The zero-order chi connectivity index (χ0) is 23.2. The van der Waals surface area contributed by atoms with Crippen LogP contribution in [0.4, 0.5) is 20.6 Å². The molecule has 3 heterocycles. The number of anilines is 2. The number of hydrogen-bond acceptors (Lipinski definition) is 4. The van der Waals surface area contributed by atoms with E-state index in [2.05, 4.69) is 5.32 Å². The monoisotopic (exact) mass is 459 g/mol. The second-order valence-corrected chi connectivity index (χ2v) is 10.5. The number of halogens is 1. The summed E-state index contributed by atoms with van der Waals surface area (Å²) >= 11 is 0. The lowest BCUT2D eigenvalue weighted by molar-refractivity contribution is -0.119. The Bertz CT molecular complexity index is 921. The molecular weight excluding hydrogens is 425 g/mol. The normalized spacial score (nSPS) is 32.2. The smallest absolute Gasteiger partial charge is 0.408 e. The molecule has 1 aromatic rings. The number of carboxylic acid groups (broad SMARTS) is 1. The molecule has 1 saturated carbocycles. The van der Waals surface area contributed by atoms with Crippen molar-refractivity contribution in [3.63, 3.8) is 0 Å². The average Bonchev–Trinajstić information content (AvgIpc) is 3.40. The number of carbonyl (C=O) groups is 2. The molecule has 3 N–H and O–H groups in total. The largest absolute Gasteiger partial charge is 0.465 e. The number of nitrogens with one attached hydrogen (secondary N) is 1. The van der Waals surface area contributed by atoms with Crippen LogP contribution in [0, 0.1) is 17.7 Å². The molecule has 3 aliphatic heterocycles. The summed E-state index contributed by atoms with van der Waals surface area (Å²) in [6, 6.07) is 4.75. The van der Waals surface area contributed by atoms with Crippen molar-refractivity contribution in [3.05, 3.63) is 24.0 Å². The van der Waals surface area contributed by atoms with E-state index in [1.165, 1.54) is 6.07 Å².